The third kappa shape index (κ3) is 3.92. The van der Waals surface area contributed by atoms with E-state index >= 15 is 0 Å². The Morgan fingerprint density at radius 2 is 1.96 bits per heavy atom. The van der Waals surface area contributed by atoms with Crippen LogP contribution in [0.3, 0.4) is 0 Å². The zero-order valence-corrected chi connectivity index (χ0v) is 15.1. The van der Waals surface area contributed by atoms with Gasteiger partial charge in [0, 0.05) is 17.2 Å². The van der Waals surface area contributed by atoms with Crippen LogP contribution in [-0.2, 0) is 0 Å². The number of methoxy groups -OCH3 is 1. The van der Waals surface area contributed by atoms with Crippen molar-refractivity contribution < 1.29 is 14.1 Å². The number of nitrogens with one attached hydrogen (secondary N) is 2. The van der Waals surface area contributed by atoms with Crippen molar-refractivity contribution in [3.8, 4) is 5.75 Å². The smallest absolute Gasteiger partial charge is 0.276 e. The third-order valence-electron chi connectivity index (χ3n) is 3.51. The summed E-state index contributed by atoms with van der Waals surface area (Å²) in [7, 11) is 1.50. The SMILES string of the molecule is COc1cc(Cl)c(C)cc1NC(=O)c1ccc(Nc2cc(C)on2)nn1. The van der Waals surface area contributed by atoms with Crippen molar-refractivity contribution in [1.82, 2.24) is 15.4 Å². The van der Waals surface area contributed by atoms with Crippen LogP contribution >= 0.6 is 11.6 Å². The normalized spacial score (nSPS) is 10.5. The van der Waals surface area contributed by atoms with Crippen molar-refractivity contribution in [3.05, 3.63) is 52.4 Å². The molecule has 0 bridgehead atoms. The molecule has 3 aromatic rings. The Balaban J connectivity index is 1.73. The van der Waals surface area contributed by atoms with E-state index in [4.69, 9.17) is 20.9 Å². The fourth-order valence-electron chi connectivity index (χ4n) is 2.19. The second kappa shape index (κ2) is 7.40. The summed E-state index contributed by atoms with van der Waals surface area (Å²) in [6.45, 7) is 3.62. The second-order valence-corrected chi connectivity index (χ2v) is 5.91. The van der Waals surface area contributed by atoms with Gasteiger partial charge in [-0.25, -0.2) is 0 Å². The van der Waals surface area contributed by atoms with E-state index < -0.39 is 5.91 Å². The van der Waals surface area contributed by atoms with Crippen molar-refractivity contribution in [1.29, 1.82) is 0 Å². The summed E-state index contributed by atoms with van der Waals surface area (Å²) >= 11 is 6.07. The van der Waals surface area contributed by atoms with Crippen LogP contribution in [-0.4, -0.2) is 28.4 Å². The molecule has 0 aliphatic heterocycles. The Morgan fingerprint density at radius 3 is 2.58 bits per heavy atom. The minimum Gasteiger partial charge on any atom is -0.495 e. The lowest BCUT2D eigenvalue weighted by Gasteiger charge is -2.12. The van der Waals surface area contributed by atoms with Crippen LogP contribution in [0.25, 0.3) is 0 Å². The molecule has 26 heavy (non-hydrogen) atoms. The summed E-state index contributed by atoms with van der Waals surface area (Å²) in [6.07, 6.45) is 0. The van der Waals surface area contributed by atoms with E-state index in [1.807, 2.05) is 6.92 Å². The maximum Gasteiger partial charge on any atom is 0.276 e. The average Bonchev–Trinajstić information content (AvgIpc) is 3.03. The highest BCUT2D eigenvalue weighted by Gasteiger charge is 2.14. The number of nitrogens with zero attached hydrogens (tertiary/aromatic N) is 3. The van der Waals surface area contributed by atoms with E-state index in [1.54, 1.807) is 37.3 Å². The lowest BCUT2D eigenvalue weighted by Crippen LogP contribution is -2.15. The molecule has 1 amide bonds. The highest BCUT2D eigenvalue weighted by molar-refractivity contribution is 6.31. The maximum absolute atomic E-state index is 12.4. The highest BCUT2D eigenvalue weighted by Crippen LogP contribution is 2.31. The molecule has 9 heteroatoms. The summed E-state index contributed by atoms with van der Waals surface area (Å²) in [5.74, 6) is 1.66. The quantitative estimate of drug-likeness (QED) is 0.702. The second-order valence-electron chi connectivity index (χ2n) is 5.51. The summed E-state index contributed by atoms with van der Waals surface area (Å²) < 4.78 is 10.2. The van der Waals surface area contributed by atoms with Crippen molar-refractivity contribution >= 4 is 34.8 Å². The minimum atomic E-state index is -0.415. The molecule has 0 fully saturated rings. The number of ether oxygens (including phenoxy) is 1. The Morgan fingerprint density at radius 1 is 1.15 bits per heavy atom. The number of hydrogen-bond acceptors (Lipinski definition) is 7. The van der Waals surface area contributed by atoms with Gasteiger partial charge >= 0.3 is 0 Å². The van der Waals surface area contributed by atoms with Crippen LogP contribution in [0.15, 0.2) is 34.9 Å². The number of amides is 1. The first kappa shape index (κ1) is 17.7. The zero-order valence-electron chi connectivity index (χ0n) is 14.3. The molecule has 2 N–H and O–H groups in total. The standard InChI is InChI=1S/C17H16ClN5O3/c1-9-6-13(14(25-3)8-11(9)18)19-17(24)12-4-5-15(22-21-12)20-16-7-10(2)26-23-16/h4-8H,1-3H3,(H,19,24)(H,20,22,23). The number of carbonyl (C=O) groups excluding carboxylic acids is 1. The van der Waals surface area contributed by atoms with Crippen LogP contribution in [0, 0.1) is 13.8 Å². The number of aryl methyl sites for hydroxylation is 2. The molecule has 134 valence electrons. The number of hydrogen-bond donors (Lipinski definition) is 2. The number of rotatable bonds is 5. The molecule has 0 spiro atoms. The zero-order chi connectivity index (χ0) is 18.7. The number of halogens is 1. The van der Waals surface area contributed by atoms with Crippen LogP contribution in [0.2, 0.25) is 5.02 Å². The van der Waals surface area contributed by atoms with Crippen molar-refractivity contribution in [2.24, 2.45) is 0 Å². The summed E-state index contributed by atoms with van der Waals surface area (Å²) in [5, 5.41) is 17.9. The van der Waals surface area contributed by atoms with Crippen LogP contribution < -0.4 is 15.4 Å². The first-order valence-electron chi connectivity index (χ1n) is 7.66. The Labute approximate surface area is 154 Å². The third-order valence-corrected chi connectivity index (χ3v) is 3.92. The number of carbonyl (C=O) groups is 1. The van der Waals surface area contributed by atoms with Gasteiger partial charge in [-0.1, -0.05) is 16.8 Å². The molecule has 1 aromatic carbocycles. The van der Waals surface area contributed by atoms with Crippen molar-refractivity contribution in [2.45, 2.75) is 13.8 Å². The molecule has 0 aliphatic rings. The first-order valence-corrected chi connectivity index (χ1v) is 8.03. The van der Waals surface area contributed by atoms with Gasteiger partial charge in [-0.05, 0) is 37.6 Å². The molecule has 0 saturated heterocycles. The monoisotopic (exact) mass is 373 g/mol. The molecule has 0 radical (unpaired) electrons. The Hall–Kier alpha value is -3.13. The van der Waals surface area contributed by atoms with Gasteiger partial charge in [0.05, 0.1) is 12.8 Å². The molecule has 0 aliphatic carbocycles. The topological polar surface area (TPSA) is 102 Å². The van der Waals surface area contributed by atoms with E-state index in [-0.39, 0.29) is 5.69 Å². The minimum absolute atomic E-state index is 0.154. The molecule has 2 aromatic heterocycles. The van der Waals surface area contributed by atoms with Crippen LogP contribution in [0.4, 0.5) is 17.3 Å². The molecule has 2 heterocycles. The van der Waals surface area contributed by atoms with Gasteiger partial charge in [-0.15, -0.1) is 10.2 Å². The summed E-state index contributed by atoms with van der Waals surface area (Å²) in [5.41, 5.74) is 1.47. The number of anilines is 3. The van der Waals surface area contributed by atoms with E-state index in [0.717, 1.165) is 5.56 Å². The largest absolute Gasteiger partial charge is 0.495 e. The summed E-state index contributed by atoms with van der Waals surface area (Å²) in [4.78, 5) is 12.4. The first-order chi connectivity index (χ1) is 12.5. The van der Waals surface area contributed by atoms with Gasteiger partial charge < -0.3 is 19.9 Å². The predicted molar refractivity (Wildman–Crippen MR) is 97.2 cm³/mol. The molecular formula is C17H16ClN5O3. The lowest BCUT2D eigenvalue weighted by atomic mass is 10.2. The Kier molecular flexibility index (Phi) is 5.04. The van der Waals surface area contributed by atoms with Crippen molar-refractivity contribution in [3.63, 3.8) is 0 Å². The molecule has 8 nitrogen and oxygen atoms in total. The van der Waals surface area contributed by atoms with Gasteiger partial charge in [-0.3, -0.25) is 4.79 Å². The van der Waals surface area contributed by atoms with Gasteiger partial charge in [0.25, 0.3) is 5.91 Å². The van der Waals surface area contributed by atoms with Gasteiger partial charge in [0.15, 0.2) is 17.3 Å². The molecular weight excluding hydrogens is 358 g/mol. The highest BCUT2D eigenvalue weighted by atomic mass is 35.5. The number of benzene rings is 1. The molecule has 0 atom stereocenters. The van der Waals surface area contributed by atoms with E-state index in [2.05, 4.69) is 26.0 Å². The van der Waals surface area contributed by atoms with Crippen molar-refractivity contribution in [2.75, 3.05) is 17.7 Å². The van der Waals surface area contributed by atoms with E-state index in [9.17, 15) is 4.79 Å². The van der Waals surface area contributed by atoms with E-state index in [1.165, 1.54) is 7.11 Å². The van der Waals surface area contributed by atoms with Gasteiger partial charge in [0.2, 0.25) is 0 Å². The van der Waals surface area contributed by atoms with Crippen LogP contribution in [0.5, 0.6) is 5.75 Å². The molecule has 3 rings (SSSR count). The molecule has 0 saturated carbocycles. The molecule has 0 unspecified atom stereocenters. The van der Waals surface area contributed by atoms with Gasteiger partial charge in [0.1, 0.15) is 11.5 Å². The van der Waals surface area contributed by atoms with Crippen LogP contribution in [0.1, 0.15) is 21.8 Å². The lowest BCUT2D eigenvalue weighted by molar-refractivity contribution is 0.102. The number of aromatic nitrogens is 3. The predicted octanol–water partition coefficient (Wildman–Crippen LogP) is 3.74. The fourth-order valence-corrected chi connectivity index (χ4v) is 2.35. The fraction of sp³-hybridized carbons (Fsp3) is 0.176. The van der Waals surface area contributed by atoms with Gasteiger partial charge in [-0.2, -0.15) is 0 Å². The Bertz CT molecular complexity index is 940. The maximum atomic E-state index is 12.4. The van der Waals surface area contributed by atoms with E-state index in [0.29, 0.717) is 33.9 Å². The average molecular weight is 374 g/mol. The summed E-state index contributed by atoms with van der Waals surface area (Å²) in [6, 6.07) is 8.26.